The van der Waals surface area contributed by atoms with E-state index in [2.05, 4.69) is 51.1 Å². The van der Waals surface area contributed by atoms with E-state index in [1.54, 1.807) is 11.3 Å². The minimum absolute atomic E-state index is 0.526. The Bertz CT molecular complexity index is 542. The molecule has 1 heterocycles. The first-order valence-electron chi connectivity index (χ1n) is 5.56. The van der Waals surface area contributed by atoms with Gasteiger partial charge in [-0.1, -0.05) is 22.0 Å². The maximum atomic E-state index is 5.85. The second kappa shape index (κ2) is 6.04. The molecule has 2 nitrogen and oxygen atoms in total. The molecule has 2 aromatic rings. The van der Waals surface area contributed by atoms with Gasteiger partial charge in [0, 0.05) is 28.0 Å². The number of thiazole rings is 1. The van der Waals surface area contributed by atoms with E-state index in [0.717, 1.165) is 22.3 Å². The minimum atomic E-state index is 0.526. The zero-order chi connectivity index (χ0) is 13.1. The van der Waals surface area contributed by atoms with E-state index in [-0.39, 0.29) is 0 Å². The molecule has 96 valence electrons. The van der Waals surface area contributed by atoms with Crippen LogP contribution in [0.2, 0.25) is 0 Å². The van der Waals surface area contributed by atoms with Gasteiger partial charge in [-0.05, 0) is 24.6 Å². The third kappa shape index (κ3) is 3.05. The molecule has 2 rings (SSSR count). The van der Waals surface area contributed by atoms with Crippen molar-refractivity contribution in [1.82, 2.24) is 4.98 Å². The van der Waals surface area contributed by atoms with E-state index < -0.39 is 0 Å². The number of hydrogen-bond donors (Lipinski definition) is 0. The molecule has 0 aliphatic rings. The van der Waals surface area contributed by atoms with Crippen molar-refractivity contribution in [3.63, 3.8) is 0 Å². The van der Waals surface area contributed by atoms with Crippen molar-refractivity contribution in [2.24, 2.45) is 0 Å². The first-order valence-corrected chi connectivity index (χ1v) is 7.77. The highest BCUT2D eigenvalue weighted by atomic mass is 79.9. The number of anilines is 1. The summed E-state index contributed by atoms with van der Waals surface area (Å²) in [5, 5.41) is 0. The molecule has 0 unspecified atom stereocenters. The number of rotatable bonds is 4. The monoisotopic (exact) mass is 344 g/mol. The van der Waals surface area contributed by atoms with E-state index in [0.29, 0.717) is 5.88 Å². The normalized spacial score (nSPS) is 10.7. The van der Waals surface area contributed by atoms with Crippen LogP contribution < -0.4 is 4.90 Å². The Kier molecular flexibility index (Phi) is 4.65. The van der Waals surface area contributed by atoms with Gasteiger partial charge in [-0.25, -0.2) is 4.98 Å². The van der Waals surface area contributed by atoms with Gasteiger partial charge in [0.1, 0.15) is 0 Å². The maximum absolute atomic E-state index is 5.85. The quantitative estimate of drug-likeness (QED) is 0.753. The van der Waals surface area contributed by atoms with Gasteiger partial charge >= 0.3 is 0 Å². The third-order valence-corrected chi connectivity index (χ3v) is 4.79. The van der Waals surface area contributed by atoms with E-state index in [9.17, 15) is 0 Å². The van der Waals surface area contributed by atoms with Crippen molar-refractivity contribution in [3.05, 3.63) is 44.3 Å². The number of alkyl halides is 1. The molecule has 1 aromatic heterocycles. The van der Waals surface area contributed by atoms with Gasteiger partial charge in [0.05, 0.1) is 17.7 Å². The van der Waals surface area contributed by atoms with Gasteiger partial charge in [0.2, 0.25) is 0 Å². The summed E-state index contributed by atoms with van der Waals surface area (Å²) in [6.07, 6.45) is 0. The van der Waals surface area contributed by atoms with Crippen LogP contribution in [0.3, 0.4) is 0 Å². The van der Waals surface area contributed by atoms with Crippen LogP contribution >= 0.6 is 38.9 Å². The highest BCUT2D eigenvalue weighted by Crippen LogP contribution is 2.26. The summed E-state index contributed by atoms with van der Waals surface area (Å²) < 4.78 is 1.06. The lowest BCUT2D eigenvalue weighted by molar-refractivity contribution is 0.925. The molecule has 0 saturated heterocycles. The van der Waals surface area contributed by atoms with E-state index in [1.165, 1.54) is 10.6 Å². The van der Waals surface area contributed by atoms with Gasteiger partial charge < -0.3 is 4.90 Å². The van der Waals surface area contributed by atoms with Gasteiger partial charge in [0.15, 0.2) is 0 Å². The molecule has 18 heavy (non-hydrogen) atoms. The average molecular weight is 346 g/mol. The molecule has 0 amide bonds. The summed E-state index contributed by atoms with van der Waals surface area (Å²) in [5.41, 5.74) is 5.29. The number of nitrogens with zero attached hydrogens (tertiary/aromatic N) is 2. The maximum Gasteiger partial charge on any atom is 0.0798 e. The van der Waals surface area contributed by atoms with Crippen molar-refractivity contribution >= 4 is 44.6 Å². The zero-order valence-electron chi connectivity index (χ0n) is 10.3. The highest BCUT2D eigenvalue weighted by molar-refractivity contribution is 9.10. The number of aromatic nitrogens is 1. The van der Waals surface area contributed by atoms with Gasteiger partial charge in [-0.15, -0.1) is 22.9 Å². The lowest BCUT2D eigenvalue weighted by atomic mass is 10.2. The SMILES string of the molecule is Cc1ncsc1CN(C)c1ccc(CCl)c(Br)c1. The van der Waals surface area contributed by atoms with Gasteiger partial charge in [-0.3, -0.25) is 0 Å². The van der Waals surface area contributed by atoms with Crippen molar-refractivity contribution in [2.45, 2.75) is 19.3 Å². The molecule has 0 aliphatic heterocycles. The zero-order valence-corrected chi connectivity index (χ0v) is 13.4. The van der Waals surface area contributed by atoms with E-state index in [4.69, 9.17) is 11.6 Å². The largest absolute Gasteiger partial charge is 0.369 e. The summed E-state index contributed by atoms with van der Waals surface area (Å²) in [5.74, 6) is 0.526. The van der Waals surface area contributed by atoms with Crippen molar-refractivity contribution in [2.75, 3.05) is 11.9 Å². The lowest BCUT2D eigenvalue weighted by Crippen LogP contribution is -2.16. The summed E-state index contributed by atoms with van der Waals surface area (Å²) >= 11 is 11.1. The molecule has 5 heteroatoms. The van der Waals surface area contributed by atoms with Crippen LogP contribution in [0, 0.1) is 6.92 Å². The topological polar surface area (TPSA) is 16.1 Å². The second-order valence-electron chi connectivity index (χ2n) is 4.13. The summed E-state index contributed by atoms with van der Waals surface area (Å²) in [6.45, 7) is 2.93. The highest BCUT2D eigenvalue weighted by Gasteiger charge is 2.08. The van der Waals surface area contributed by atoms with Crippen LogP contribution in [-0.2, 0) is 12.4 Å². The standard InChI is InChI=1S/C13H14BrClN2S/c1-9-13(18-8-16-9)7-17(2)11-4-3-10(6-15)12(14)5-11/h3-5,8H,6-7H2,1-2H3. The molecule has 0 saturated carbocycles. The van der Waals surface area contributed by atoms with Crippen LogP contribution in [0.4, 0.5) is 5.69 Å². The summed E-state index contributed by atoms with van der Waals surface area (Å²) in [7, 11) is 2.08. The third-order valence-electron chi connectivity index (χ3n) is 2.85. The molecule has 0 spiro atoms. The second-order valence-corrected chi connectivity index (χ2v) is 6.19. The molecule has 0 N–H and O–H groups in total. The summed E-state index contributed by atoms with van der Waals surface area (Å²) in [6, 6.07) is 6.26. The molecule has 0 aliphatic carbocycles. The fraction of sp³-hybridized carbons (Fsp3) is 0.308. The van der Waals surface area contributed by atoms with Crippen LogP contribution in [-0.4, -0.2) is 12.0 Å². The van der Waals surface area contributed by atoms with Crippen molar-refractivity contribution in [3.8, 4) is 0 Å². The first-order chi connectivity index (χ1) is 8.61. The number of aryl methyl sites for hydroxylation is 1. The molecule has 0 bridgehead atoms. The molecule has 0 fully saturated rings. The Morgan fingerprint density at radius 1 is 1.44 bits per heavy atom. The Morgan fingerprint density at radius 3 is 2.78 bits per heavy atom. The smallest absolute Gasteiger partial charge is 0.0798 e. The Hall–Kier alpha value is -0.580. The number of hydrogen-bond acceptors (Lipinski definition) is 3. The predicted molar refractivity (Wildman–Crippen MR) is 82.7 cm³/mol. The Labute approximate surface area is 125 Å². The Morgan fingerprint density at radius 2 is 2.22 bits per heavy atom. The molecule has 0 atom stereocenters. The molecule has 1 aromatic carbocycles. The lowest BCUT2D eigenvalue weighted by Gasteiger charge is -2.19. The molecular formula is C13H14BrClN2S. The number of halogens is 2. The fourth-order valence-corrected chi connectivity index (χ4v) is 3.40. The predicted octanol–water partition coefficient (Wildman–Crippen LogP) is 4.59. The van der Waals surface area contributed by atoms with Crippen LogP contribution in [0.25, 0.3) is 0 Å². The summed E-state index contributed by atoms with van der Waals surface area (Å²) in [4.78, 5) is 7.79. The van der Waals surface area contributed by atoms with Crippen molar-refractivity contribution in [1.29, 1.82) is 0 Å². The van der Waals surface area contributed by atoms with Crippen LogP contribution in [0.15, 0.2) is 28.2 Å². The van der Waals surface area contributed by atoms with E-state index >= 15 is 0 Å². The minimum Gasteiger partial charge on any atom is -0.369 e. The molecular weight excluding hydrogens is 332 g/mol. The van der Waals surface area contributed by atoms with Gasteiger partial charge in [0.25, 0.3) is 0 Å². The average Bonchev–Trinajstić information content (AvgIpc) is 2.75. The number of benzene rings is 1. The fourth-order valence-electron chi connectivity index (χ4n) is 1.67. The first kappa shape index (κ1) is 13.8. The van der Waals surface area contributed by atoms with Crippen LogP contribution in [0.1, 0.15) is 16.1 Å². The van der Waals surface area contributed by atoms with E-state index in [1.807, 2.05) is 12.4 Å². The Balaban J connectivity index is 2.16. The van der Waals surface area contributed by atoms with Crippen molar-refractivity contribution < 1.29 is 0 Å². The molecule has 0 radical (unpaired) electrons. The van der Waals surface area contributed by atoms with Crippen LogP contribution in [0.5, 0.6) is 0 Å². The van der Waals surface area contributed by atoms with Gasteiger partial charge in [-0.2, -0.15) is 0 Å².